The van der Waals surface area contributed by atoms with Crippen molar-refractivity contribution in [3.05, 3.63) is 59.3 Å². The lowest BCUT2D eigenvalue weighted by Crippen LogP contribution is -2.10. The topological polar surface area (TPSA) is 116 Å². The van der Waals surface area contributed by atoms with Crippen molar-refractivity contribution in [2.75, 3.05) is 11.1 Å². The summed E-state index contributed by atoms with van der Waals surface area (Å²) >= 11 is 5.83. The Morgan fingerprint density at radius 2 is 2.00 bits per heavy atom. The van der Waals surface area contributed by atoms with E-state index in [-0.39, 0.29) is 30.1 Å². The molecule has 0 saturated carbocycles. The Kier molecular flexibility index (Phi) is 4.57. The maximum absolute atomic E-state index is 11.7. The molecule has 3 aromatic rings. The summed E-state index contributed by atoms with van der Waals surface area (Å²) in [7, 11) is 0. The summed E-state index contributed by atoms with van der Waals surface area (Å²) in [4.78, 5) is 23.8. The summed E-state index contributed by atoms with van der Waals surface area (Å²) in [6, 6.07) is 10.1. The number of hydrogen-bond donors (Lipinski definition) is 2. The number of rotatable bonds is 5. The first-order valence-corrected chi connectivity index (χ1v) is 7.21. The molecule has 0 spiro atoms. The van der Waals surface area contributed by atoms with Crippen LogP contribution in [0.15, 0.2) is 47.1 Å². The molecule has 2 heterocycles. The van der Waals surface area contributed by atoms with Gasteiger partial charge >= 0.3 is 5.97 Å². The molecule has 3 N–H and O–H groups in total. The van der Waals surface area contributed by atoms with Gasteiger partial charge in [0.2, 0.25) is 17.7 Å². The quantitative estimate of drug-likeness (QED) is 0.678. The monoisotopic (exact) mass is 345 g/mol. The van der Waals surface area contributed by atoms with Gasteiger partial charge in [0.05, 0.1) is 6.26 Å². The van der Waals surface area contributed by atoms with Gasteiger partial charge in [-0.05, 0) is 36.4 Å². The number of nitrogens with one attached hydrogen (secondary N) is 1. The van der Waals surface area contributed by atoms with Crippen molar-refractivity contribution in [2.24, 2.45) is 0 Å². The number of benzene rings is 1. The van der Waals surface area contributed by atoms with E-state index in [0.717, 1.165) is 5.69 Å². The minimum atomic E-state index is -0.619. The van der Waals surface area contributed by atoms with Gasteiger partial charge in [0.25, 0.3) is 0 Å². The van der Waals surface area contributed by atoms with E-state index < -0.39 is 5.97 Å². The number of carbonyl (C=O) groups is 1. The number of hydrogen-bond acceptors (Lipinski definition) is 8. The third-order valence-corrected chi connectivity index (χ3v) is 3.11. The highest BCUT2D eigenvalue weighted by molar-refractivity contribution is 6.30. The lowest BCUT2D eigenvalue weighted by Gasteiger charge is -2.07. The molecule has 0 unspecified atom stereocenters. The van der Waals surface area contributed by atoms with Gasteiger partial charge in [-0.3, -0.25) is 0 Å². The second-order valence-corrected chi connectivity index (χ2v) is 5.06. The number of nitrogens with zero attached hydrogens (tertiary/aromatic N) is 3. The predicted molar refractivity (Wildman–Crippen MR) is 86.8 cm³/mol. The predicted octanol–water partition coefficient (Wildman–Crippen LogP) is 2.80. The van der Waals surface area contributed by atoms with E-state index >= 15 is 0 Å². The Balaban J connectivity index is 1.69. The van der Waals surface area contributed by atoms with Crippen LogP contribution in [0.1, 0.15) is 16.4 Å². The van der Waals surface area contributed by atoms with Crippen LogP contribution in [0.5, 0.6) is 0 Å². The molecule has 0 aliphatic heterocycles. The average molecular weight is 346 g/mol. The molecule has 0 bridgehead atoms. The van der Waals surface area contributed by atoms with Crippen LogP contribution in [0.3, 0.4) is 0 Å². The molecule has 0 amide bonds. The zero-order valence-electron chi connectivity index (χ0n) is 12.3. The highest BCUT2D eigenvalue weighted by Gasteiger charge is 2.12. The molecular formula is C15H12ClN5O3. The smallest absolute Gasteiger partial charge is 0.374 e. The Morgan fingerprint density at radius 1 is 1.21 bits per heavy atom. The van der Waals surface area contributed by atoms with Crippen molar-refractivity contribution in [3.63, 3.8) is 0 Å². The number of esters is 1. The fourth-order valence-corrected chi connectivity index (χ4v) is 1.94. The third-order valence-electron chi connectivity index (χ3n) is 2.85. The molecule has 0 aliphatic rings. The Hall–Kier alpha value is -3.13. The van der Waals surface area contributed by atoms with Gasteiger partial charge in [-0.25, -0.2) is 4.79 Å². The van der Waals surface area contributed by atoms with E-state index in [1.165, 1.54) is 12.3 Å². The summed E-state index contributed by atoms with van der Waals surface area (Å²) in [6.45, 7) is -0.165. The van der Waals surface area contributed by atoms with Crippen molar-refractivity contribution in [3.8, 4) is 0 Å². The van der Waals surface area contributed by atoms with Crippen molar-refractivity contribution >= 4 is 35.2 Å². The molecule has 24 heavy (non-hydrogen) atoms. The van der Waals surface area contributed by atoms with Crippen LogP contribution in [0.4, 0.5) is 17.6 Å². The number of aromatic nitrogens is 3. The molecule has 122 valence electrons. The van der Waals surface area contributed by atoms with Gasteiger partial charge in [0.1, 0.15) is 0 Å². The molecule has 0 saturated heterocycles. The van der Waals surface area contributed by atoms with Crippen LogP contribution in [-0.2, 0) is 11.3 Å². The molecule has 1 aromatic carbocycles. The molecule has 8 nitrogen and oxygen atoms in total. The van der Waals surface area contributed by atoms with Gasteiger partial charge < -0.3 is 20.2 Å². The van der Waals surface area contributed by atoms with Crippen LogP contribution in [0.2, 0.25) is 5.02 Å². The van der Waals surface area contributed by atoms with Gasteiger partial charge in [0, 0.05) is 10.7 Å². The fraction of sp³-hybridized carbons (Fsp3) is 0.0667. The molecule has 0 fully saturated rings. The SMILES string of the molecule is Nc1nc(COC(=O)c2ccco2)nc(Nc2ccc(Cl)cc2)n1. The highest BCUT2D eigenvalue weighted by atomic mass is 35.5. The van der Waals surface area contributed by atoms with E-state index in [2.05, 4.69) is 20.3 Å². The third kappa shape index (κ3) is 3.99. The van der Waals surface area contributed by atoms with Gasteiger partial charge in [0.15, 0.2) is 12.4 Å². The maximum Gasteiger partial charge on any atom is 0.374 e. The normalized spacial score (nSPS) is 10.4. The maximum atomic E-state index is 11.7. The number of nitrogen functional groups attached to an aromatic ring is 1. The van der Waals surface area contributed by atoms with Gasteiger partial charge in [-0.2, -0.15) is 15.0 Å². The molecular weight excluding hydrogens is 334 g/mol. The second kappa shape index (κ2) is 6.97. The largest absolute Gasteiger partial charge is 0.457 e. The van der Waals surface area contributed by atoms with Crippen LogP contribution < -0.4 is 11.1 Å². The number of halogens is 1. The number of ether oxygens (including phenoxy) is 1. The van der Waals surface area contributed by atoms with Gasteiger partial charge in [-0.15, -0.1) is 0 Å². The Morgan fingerprint density at radius 3 is 2.71 bits per heavy atom. The minimum absolute atomic E-state index is 0.00510. The zero-order chi connectivity index (χ0) is 16.9. The second-order valence-electron chi connectivity index (χ2n) is 4.62. The van der Waals surface area contributed by atoms with E-state index in [0.29, 0.717) is 5.02 Å². The number of nitrogens with two attached hydrogens (primary N) is 1. The van der Waals surface area contributed by atoms with E-state index in [9.17, 15) is 4.79 Å². The summed E-state index contributed by atoms with van der Waals surface area (Å²) in [5, 5.41) is 3.58. The molecule has 0 aliphatic carbocycles. The van der Waals surface area contributed by atoms with Crippen LogP contribution in [0, 0.1) is 0 Å². The zero-order valence-corrected chi connectivity index (χ0v) is 13.0. The summed E-state index contributed by atoms with van der Waals surface area (Å²) in [5.74, 6) is -0.0824. The summed E-state index contributed by atoms with van der Waals surface area (Å²) in [6.07, 6.45) is 1.38. The van der Waals surface area contributed by atoms with Crippen molar-refractivity contribution in [1.29, 1.82) is 0 Å². The molecule has 9 heteroatoms. The van der Waals surface area contributed by atoms with Crippen LogP contribution >= 0.6 is 11.6 Å². The fourth-order valence-electron chi connectivity index (χ4n) is 1.82. The van der Waals surface area contributed by atoms with E-state index in [1.54, 1.807) is 30.3 Å². The highest BCUT2D eigenvalue weighted by Crippen LogP contribution is 2.17. The van der Waals surface area contributed by atoms with Gasteiger partial charge in [-0.1, -0.05) is 11.6 Å². The van der Waals surface area contributed by atoms with E-state index in [4.69, 9.17) is 26.5 Å². The number of anilines is 3. The summed E-state index contributed by atoms with van der Waals surface area (Å²) in [5.41, 5.74) is 6.38. The van der Waals surface area contributed by atoms with Crippen LogP contribution in [-0.4, -0.2) is 20.9 Å². The number of carbonyl (C=O) groups excluding carboxylic acids is 1. The number of furan rings is 1. The first-order chi connectivity index (χ1) is 11.6. The standard InChI is InChI=1S/C15H12ClN5O3/c16-9-3-5-10(6-4-9)18-15-20-12(19-14(17)21-15)8-24-13(22)11-2-1-7-23-11/h1-7H,8H2,(H3,17,18,19,20,21). The molecule has 0 radical (unpaired) electrons. The van der Waals surface area contributed by atoms with Crippen molar-refractivity contribution in [1.82, 2.24) is 15.0 Å². The minimum Gasteiger partial charge on any atom is -0.457 e. The molecule has 3 rings (SSSR count). The summed E-state index contributed by atoms with van der Waals surface area (Å²) < 4.78 is 10.0. The first-order valence-electron chi connectivity index (χ1n) is 6.84. The van der Waals surface area contributed by atoms with Crippen molar-refractivity contribution < 1.29 is 13.9 Å². The molecule has 2 aromatic heterocycles. The Labute approximate surface area is 141 Å². The van der Waals surface area contributed by atoms with E-state index in [1.807, 2.05) is 0 Å². The average Bonchev–Trinajstić information content (AvgIpc) is 3.09. The Bertz CT molecular complexity index is 837. The molecule has 0 atom stereocenters. The lowest BCUT2D eigenvalue weighted by atomic mass is 10.3. The first kappa shape index (κ1) is 15.8. The van der Waals surface area contributed by atoms with Crippen LogP contribution in [0.25, 0.3) is 0 Å². The lowest BCUT2D eigenvalue weighted by molar-refractivity contribution is 0.0425. The van der Waals surface area contributed by atoms with Crippen molar-refractivity contribution in [2.45, 2.75) is 6.61 Å².